The molecule has 0 saturated heterocycles. The molecule has 1 aromatic rings. The summed E-state index contributed by atoms with van der Waals surface area (Å²) in [6.07, 6.45) is 1.27. The molecule has 19 heavy (non-hydrogen) atoms. The van der Waals surface area contributed by atoms with Gasteiger partial charge in [0, 0.05) is 13.1 Å². The first-order valence-corrected chi connectivity index (χ1v) is 6.32. The largest absolute Gasteiger partial charge is 0.378 e. The third kappa shape index (κ3) is 4.04. The van der Waals surface area contributed by atoms with E-state index in [0.29, 0.717) is 30.7 Å². The van der Waals surface area contributed by atoms with Crippen molar-refractivity contribution < 1.29 is 4.92 Å². The van der Waals surface area contributed by atoms with Crippen LogP contribution in [0.1, 0.15) is 27.7 Å². The molecule has 0 aromatic carbocycles. The second kappa shape index (κ2) is 6.31. The van der Waals surface area contributed by atoms with Crippen molar-refractivity contribution in [3.05, 3.63) is 16.4 Å². The number of nitrogens with zero attached hydrogens (tertiary/aromatic N) is 4. The zero-order valence-electron chi connectivity index (χ0n) is 11.8. The molecule has 0 amide bonds. The Morgan fingerprint density at radius 2 is 1.79 bits per heavy atom. The minimum absolute atomic E-state index is 0.0903. The minimum atomic E-state index is -0.516. The second-order valence-corrected chi connectivity index (χ2v) is 5.38. The first-order valence-electron chi connectivity index (χ1n) is 6.32. The Kier molecular flexibility index (Phi) is 5.02. The summed E-state index contributed by atoms with van der Waals surface area (Å²) >= 11 is 0. The van der Waals surface area contributed by atoms with Gasteiger partial charge in [0.05, 0.1) is 4.92 Å². The lowest BCUT2D eigenvalue weighted by atomic mass is 10.1. The molecule has 0 bridgehead atoms. The van der Waals surface area contributed by atoms with Crippen LogP contribution >= 0.6 is 0 Å². The normalized spacial score (nSPS) is 11.1. The molecule has 1 heterocycles. The fourth-order valence-corrected chi connectivity index (χ4v) is 1.92. The third-order valence-corrected chi connectivity index (χ3v) is 2.48. The Labute approximate surface area is 113 Å². The minimum Gasteiger partial charge on any atom is -0.378 e. The molecule has 2 N–H and O–H groups in total. The van der Waals surface area contributed by atoms with Crippen LogP contribution in [0.3, 0.4) is 0 Å². The van der Waals surface area contributed by atoms with Crippen LogP contribution in [-0.2, 0) is 0 Å². The Bertz CT molecular complexity index is 438. The smallest absolute Gasteiger partial charge is 0.353 e. The van der Waals surface area contributed by atoms with Crippen molar-refractivity contribution in [1.82, 2.24) is 9.97 Å². The van der Waals surface area contributed by atoms with Crippen molar-refractivity contribution in [3.8, 4) is 0 Å². The summed E-state index contributed by atoms with van der Waals surface area (Å²) in [4.78, 5) is 20.3. The topological polar surface area (TPSA) is 98.2 Å². The van der Waals surface area contributed by atoms with E-state index in [2.05, 4.69) is 37.7 Å². The van der Waals surface area contributed by atoms with Crippen LogP contribution in [-0.4, -0.2) is 28.0 Å². The molecule has 106 valence electrons. The Balaban J connectivity index is 3.21. The third-order valence-electron chi connectivity index (χ3n) is 2.48. The maximum Gasteiger partial charge on any atom is 0.353 e. The lowest BCUT2D eigenvalue weighted by molar-refractivity contribution is -0.383. The molecule has 1 aromatic heterocycles. The van der Waals surface area contributed by atoms with E-state index in [0.717, 1.165) is 0 Å². The van der Waals surface area contributed by atoms with Crippen molar-refractivity contribution in [1.29, 1.82) is 0 Å². The van der Waals surface area contributed by atoms with Crippen molar-refractivity contribution in [2.45, 2.75) is 27.7 Å². The Hall–Kier alpha value is -1.92. The highest BCUT2D eigenvalue weighted by Gasteiger charge is 2.26. The van der Waals surface area contributed by atoms with Gasteiger partial charge in [-0.25, -0.2) is 9.97 Å². The Morgan fingerprint density at radius 3 is 2.21 bits per heavy atom. The van der Waals surface area contributed by atoms with E-state index in [1.807, 2.05) is 4.90 Å². The second-order valence-electron chi connectivity index (χ2n) is 5.38. The maximum atomic E-state index is 11.1. The zero-order chi connectivity index (χ0) is 14.6. The van der Waals surface area contributed by atoms with E-state index in [-0.39, 0.29) is 11.5 Å². The number of aromatic nitrogens is 2. The van der Waals surface area contributed by atoms with Crippen LogP contribution in [0.2, 0.25) is 0 Å². The van der Waals surface area contributed by atoms with E-state index in [1.165, 1.54) is 6.33 Å². The summed E-state index contributed by atoms with van der Waals surface area (Å²) in [6, 6.07) is 0. The lowest BCUT2D eigenvalue weighted by Crippen LogP contribution is -2.32. The SMILES string of the molecule is CC(C)CN(CC(C)C)c1ncnc(N)c1[N+](=O)[O-]. The molecule has 0 spiro atoms. The molecule has 0 atom stereocenters. The summed E-state index contributed by atoms with van der Waals surface area (Å²) < 4.78 is 0. The van der Waals surface area contributed by atoms with E-state index in [9.17, 15) is 10.1 Å². The number of nitro groups is 1. The van der Waals surface area contributed by atoms with Gasteiger partial charge in [-0.2, -0.15) is 0 Å². The number of rotatable bonds is 6. The summed E-state index contributed by atoms with van der Waals surface area (Å²) in [5.74, 6) is 0.955. The Morgan fingerprint density at radius 1 is 1.26 bits per heavy atom. The molecular formula is C12H21N5O2. The molecular weight excluding hydrogens is 246 g/mol. The number of hydrogen-bond acceptors (Lipinski definition) is 6. The van der Waals surface area contributed by atoms with Gasteiger partial charge in [0.15, 0.2) is 0 Å². The molecule has 0 aliphatic heterocycles. The van der Waals surface area contributed by atoms with Crippen molar-refractivity contribution in [2.24, 2.45) is 11.8 Å². The van der Waals surface area contributed by atoms with Crippen molar-refractivity contribution >= 4 is 17.3 Å². The average molecular weight is 267 g/mol. The molecule has 0 aliphatic rings. The van der Waals surface area contributed by atoms with E-state index >= 15 is 0 Å². The fraction of sp³-hybridized carbons (Fsp3) is 0.667. The lowest BCUT2D eigenvalue weighted by Gasteiger charge is -2.26. The van der Waals surface area contributed by atoms with E-state index in [4.69, 9.17) is 5.73 Å². The van der Waals surface area contributed by atoms with Crippen LogP contribution in [0, 0.1) is 22.0 Å². The first kappa shape index (κ1) is 15.1. The van der Waals surface area contributed by atoms with Gasteiger partial charge in [-0.05, 0) is 11.8 Å². The van der Waals surface area contributed by atoms with Crippen LogP contribution in [0.25, 0.3) is 0 Å². The molecule has 0 fully saturated rings. The first-order chi connectivity index (χ1) is 8.82. The molecule has 0 aliphatic carbocycles. The van der Waals surface area contributed by atoms with Gasteiger partial charge in [-0.15, -0.1) is 0 Å². The standard InChI is InChI=1S/C12H21N5O2/c1-8(2)5-16(6-9(3)4)12-10(17(18)19)11(13)14-7-15-12/h7-9H,5-6H2,1-4H3,(H2,13,14,15). The van der Waals surface area contributed by atoms with E-state index < -0.39 is 4.92 Å². The van der Waals surface area contributed by atoms with Gasteiger partial charge < -0.3 is 10.6 Å². The number of nitrogen functional groups attached to an aromatic ring is 1. The quantitative estimate of drug-likeness (QED) is 0.626. The summed E-state index contributed by atoms with van der Waals surface area (Å²) in [5, 5.41) is 11.1. The van der Waals surface area contributed by atoms with Gasteiger partial charge in [-0.1, -0.05) is 27.7 Å². The predicted molar refractivity (Wildman–Crippen MR) is 75.0 cm³/mol. The van der Waals surface area contributed by atoms with Gasteiger partial charge in [0.2, 0.25) is 11.6 Å². The van der Waals surface area contributed by atoms with E-state index in [1.54, 1.807) is 0 Å². The predicted octanol–water partition coefficient (Wildman–Crippen LogP) is 2.09. The molecule has 0 saturated carbocycles. The fourth-order valence-electron chi connectivity index (χ4n) is 1.92. The van der Waals surface area contributed by atoms with Gasteiger partial charge in [0.25, 0.3) is 0 Å². The van der Waals surface area contributed by atoms with Gasteiger partial charge in [-0.3, -0.25) is 10.1 Å². The monoisotopic (exact) mass is 267 g/mol. The highest BCUT2D eigenvalue weighted by atomic mass is 16.6. The molecule has 7 heteroatoms. The molecule has 0 unspecified atom stereocenters. The number of nitrogens with two attached hydrogens (primary N) is 1. The van der Waals surface area contributed by atoms with Gasteiger partial charge >= 0.3 is 5.69 Å². The summed E-state index contributed by atoms with van der Waals surface area (Å²) in [7, 11) is 0. The summed E-state index contributed by atoms with van der Waals surface area (Å²) in [6.45, 7) is 9.62. The highest BCUT2D eigenvalue weighted by Crippen LogP contribution is 2.30. The maximum absolute atomic E-state index is 11.1. The van der Waals surface area contributed by atoms with Crippen LogP contribution in [0.4, 0.5) is 17.3 Å². The van der Waals surface area contributed by atoms with Crippen molar-refractivity contribution in [3.63, 3.8) is 0 Å². The van der Waals surface area contributed by atoms with Crippen LogP contribution in [0.5, 0.6) is 0 Å². The molecule has 0 radical (unpaired) electrons. The summed E-state index contributed by atoms with van der Waals surface area (Å²) in [5.41, 5.74) is 5.40. The van der Waals surface area contributed by atoms with Crippen molar-refractivity contribution in [2.75, 3.05) is 23.7 Å². The number of hydrogen-bond donors (Lipinski definition) is 1. The highest BCUT2D eigenvalue weighted by molar-refractivity contribution is 5.68. The average Bonchev–Trinajstić information content (AvgIpc) is 2.25. The zero-order valence-corrected chi connectivity index (χ0v) is 11.8. The number of anilines is 2. The molecule has 7 nitrogen and oxygen atoms in total. The van der Waals surface area contributed by atoms with Gasteiger partial charge in [0.1, 0.15) is 6.33 Å². The molecule has 1 rings (SSSR count). The van der Waals surface area contributed by atoms with Crippen LogP contribution < -0.4 is 10.6 Å². The van der Waals surface area contributed by atoms with Crippen LogP contribution in [0.15, 0.2) is 6.33 Å².